The summed E-state index contributed by atoms with van der Waals surface area (Å²) in [5.74, 6) is -0.151. The third kappa shape index (κ3) is 3.45. The molecule has 1 heterocycles. The van der Waals surface area contributed by atoms with Gasteiger partial charge in [0.1, 0.15) is 0 Å². The van der Waals surface area contributed by atoms with Crippen LogP contribution in [-0.2, 0) is 16.0 Å². The summed E-state index contributed by atoms with van der Waals surface area (Å²) in [4.78, 5) is 23.0. The van der Waals surface area contributed by atoms with Crippen LogP contribution in [0.15, 0.2) is 12.1 Å². The first-order valence-corrected chi connectivity index (χ1v) is 6.60. The zero-order valence-corrected chi connectivity index (χ0v) is 11.4. The van der Waals surface area contributed by atoms with Gasteiger partial charge in [0.05, 0.1) is 17.1 Å². The number of rotatable bonds is 5. The maximum absolute atomic E-state index is 11.7. The lowest BCUT2D eigenvalue weighted by atomic mass is 10.1. The molecular formula is C13H16ClN3O2. The minimum Gasteiger partial charge on any atom is -0.325 e. The van der Waals surface area contributed by atoms with Crippen LogP contribution in [0.3, 0.4) is 0 Å². The molecule has 19 heavy (non-hydrogen) atoms. The topological polar surface area (TPSA) is 70.2 Å². The molecule has 0 saturated heterocycles. The van der Waals surface area contributed by atoms with Crippen molar-refractivity contribution < 1.29 is 9.59 Å². The van der Waals surface area contributed by atoms with E-state index in [0.29, 0.717) is 30.1 Å². The van der Waals surface area contributed by atoms with E-state index in [1.54, 1.807) is 12.1 Å². The summed E-state index contributed by atoms with van der Waals surface area (Å²) in [6.45, 7) is 3.45. The summed E-state index contributed by atoms with van der Waals surface area (Å²) in [6, 6.07) is 3.42. The van der Waals surface area contributed by atoms with Crippen molar-refractivity contribution in [2.75, 3.05) is 23.7 Å². The lowest BCUT2D eigenvalue weighted by Gasteiger charge is -2.09. The van der Waals surface area contributed by atoms with Crippen LogP contribution in [0.25, 0.3) is 0 Å². The lowest BCUT2D eigenvalue weighted by Crippen LogP contribution is -2.21. The highest BCUT2D eigenvalue weighted by molar-refractivity contribution is 6.34. The fourth-order valence-electron chi connectivity index (χ4n) is 1.94. The number of anilines is 2. The highest BCUT2D eigenvalue weighted by atomic mass is 35.5. The fourth-order valence-corrected chi connectivity index (χ4v) is 2.15. The van der Waals surface area contributed by atoms with Crippen molar-refractivity contribution in [2.45, 2.75) is 19.8 Å². The van der Waals surface area contributed by atoms with Gasteiger partial charge < -0.3 is 16.0 Å². The number of carbonyl (C=O) groups excluding carboxylic acids is 2. The molecule has 2 amide bonds. The number of nitrogens with one attached hydrogen (secondary N) is 3. The molecule has 0 radical (unpaired) electrons. The second-order valence-electron chi connectivity index (χ2n) is 4.37. The monoisotopic (exact) mass is 281 g/mol. The van der Waals surface area contributed by atoms with E-state index in [9.17, 15) is 9.59 Å². The second kappa shape index (κ2) is 6.04. The molecule has 0 fully saturated rings. The normalized spacial score (nSPS) is 13.1. The Bertz CT molecular complexity index is 517. The van der Waals surface area contributed by atoms with Crippen molar-refractivity contribution in [2.24, 2.45) is 0 Å². The molecule has 0 spiro atoms. The number of benzene rings is 1. The molecule has 1 aliphatic heterocycles. The van der Waals surface area contributed by atoms with E-state index in [4.69, 9.17) is 11.6 Å². The molecule has 102 valence electrons. The van der Waals surface area contributed by atoms with Crippen molar-refractivity contribution >= 4 is 34.8 Å². The maximum Gasteiger partial charge on any atom is 0.228 e. The van der Waals surface area contributed by atoms with Gasteiger partial charge in [-0.15, -0.1) is 0 Å². The Morgan fingerprint density at radius 1 is 1.47 bits per heavy atom. The predicted octanol–water partition coefficient (Wildman–Crippen LogP) is 1.77. The van der Waals surface area contributed by atoms with Gasteiger partial charge in [-0.3, -0.25) is 9.59 Å². The molecule has 0 bridgehead atoms. The molecular weight excluding hydrogens is 266 g/mol. The molecule has 0 unspecified atom stereocenters. The number of amides is 2. The molecule has 1 aromatic rings. The van der Waals surface area contributed by atoms with Gasteiger partial charge in [0.15, 0.2) is 0 Å². The third-order valence-electron chi connectivity index (χ3n) is 2.87. The third-order valence-corrected chi connectivity index (χ3v) is 3.18. The van der Waals surface area contributed by atoms with E-state index in [1.165, 1.54) is 0 Å². The first kappa shape index (κ1) is 13.8. The van der Waals surface area contributed by atoms with E-state index < -0.39 is 0 Å². The minimum absolute atomic E-state index is 0.0540. The smallest absolute Gasteiger partial charge is 0.228 e. The highest BCUT2D eigenvalue weighted by Gasteiger charge is 2.20. The van der Waals surface area contributed by atoms with Crippen LogP contribution in [0.2, 0.25) is 5.02 Å². The summed E-state index contributed by atoms with van der Waals surface area (Å²) in [7, 11) is 0. The van der Waals surface area contributed by atoms with Gasteiger partial charge in [0, 0.05) is 18.7 Å². The van der Waals surface area contributed by atoms with E-state index in [2.05, 4.69) is 16.0 Å². The van der Waals surface area contributed by atoms with Crippen LogP contribution in [0, 0.1) is 0 Å². The summed E-state index contributed by atoms with van der Waals surface area (Å²) >= 11 is 6.08. The van der Waals surface area contributed by atoms with Crippen LogP contribution >= 0.6 is 11.6 Å². The molecule has 0 atom stereocenters. The molecule has 5 nitrogen and oxygen atoms in total. The summed E-state index contributed by atoms with van der Waals surface area (Å²) in [6.07, 6.45) is 0.713. The SMILES string of the molecule is CCNCCC(=O)Nc1cc2c(cc1Cl)NC(=O)C2. The summed E-state index contributed by atoms with van der Waals surface area (Å²) < 4.78 is 0. The fraction of sp³-hybridized carbons (Fsp3) is 0.385. The van der Waals surface area contributed by atoms with Crippen molar-refractivity contribution in [3.63, 3.8) is 0 Å². The largest absolute Gasteiger partial charge is 0.325 e. The van der Waals surface area contributed by atoms with Gasteiger partial charge in [-0.1, -0.05) is 18.5 Å². The zero-order chi connectivity index (χ0) is 13.8. The number of carbonyl (C=O) groups is 2. The molecule has 3 N–H and O–H groups in total. The minimum atomic E-state index is -0.0971. The molecule has 2 rings (SSSR count). The zero-order valence-electron chi connectivity index (χ0n) is 10.7. The van der Waals surface area contributed by atoms with Gasteiger partial charge in [0.2, 0.25) is 11.8 Å². The van der Waals surface area contributed by atoms with Crippen molar-refractivity contribution in [3.05, 3.63) is 22.7 Å². The Morgan fingerprint density at radius 3 is 3.00 bits per heavy atom. The van der Waals surface area contributed by atoms with Crippen molar-refractivity contribution in [3.8, 4) is 0 Å². The first-order valence-electron chi connectivity index (χ1n) is 6.23. The van der Waals surface area contributed by atoms with Crippen molar-refractivity contribution in [1.29, 1.82) is 0 Å². The van der Waals surface area contributed by atoms with Gasteiger partial charge in [-0.05, 0) is 24.2 Å². The molecule has 1 aliphatic rings. The quantitative estimate of drug-likeness (QED) is 0.721. The first-order chi connectivity index (χ1) is 9.10. The second-order valence-corrected chi connectivity index (χ2v) is 4.77. The van der Waals surface area contributed by atoms with Gasteiger partial charge in [-0.2, -0.15) is 0 Å². The predicted molar refractivity (Wildman–Crippen MR) is 75.6 cm³/mol. The van der Waals surface area contributed by atoms with Crippen LogP contribution in [-0.4, -0.2) is 24.9 Å². The van der Waals surface area contributed by atoms with Gasteiger partial charge in [0.25, 0.3) is 0 Å². The highest BCUT2D eigenvalue weighted by Crippen LogP contribution is 2.32. The Balaban J connectivity index is 2.03. The van der Waals surface area contributed by atoms with Gasteiger partial charge in [-0.25, -0.2) is 0 Å². The standard InChI is InChI=1S/C13H16ClN3O2/c1-2-15-4-3-12(18)17-11-5-8-6-13(19)16-10(8)7-9(11)14/h5,7,15H,2-4,6H2,1H3,(H,16,19)(H,17,18). The van der Waals surface area contributed by atoms with Crippen LogP contribution < -0.4 is 16.0 Å². The average Bonchev–Trinajstić information content (AvgIpc) is 2.69. The average molecular weight is 282 g/mol. The van der Waals surface area contributed by atoms with Crippen LogP contribution in [0.1, 0.15) is 18.9 Å². The molecule has 0 aromatic heterocycles. The Hall–Kier alpha value is -1.59. The summed E-state index contributed by atoms with van der Waals surface area (Å²) in [5.41, 5.74) is 2.13. The number of hydrogen-bond donors (Lipinski definition) is 3. The molecule has 6 heteroatoms. The molecule has 0 saturated carbocycles. The Labute approximate surface area is 116 Å². The summed E-state index contributed by atoms with van der Waals surface area (Å²) in [5, 5.41) is 8.99. The van der Waals surface area contributed by atoms with Crippen molar-refractivity contribution in [1.82, 2.24) is 5.32 Å². The molecule has 1 aromatic carbocycles. The van der Waals surface area contributed by atoms with E-state index in [-0.39, 0.29) is 11.8 Å². The molecule has 0 aliphatic carbocycles. The van der Waals surface area contributed by atoms with E-state index in [0.717, 1.165) is 17.8 Å². The Morgan fingerprint density at radius 2 is 2.26 bits per heavy atom. The lowest BCUT2D eigenvalue weighted by molar-refractivity contribution is -0.116. The number of hydrogen-bond acceptors (Lipinski definition) is 3. The number of halogens is 1. The Kier molecular flexibility index (Phi) is 4.39. The van der Waals surface area contributed by atoms with E-state index >= 15 is 0 Å². The maximum atomic E-state index is 11.7. The van der Waals surface area contributed by atoms with Crippen LogP contribution in [0.5, 0.6) is 0 Å². The number of fused-ring (bicyclic) bond motifs is 1. The van der Waals surface area contributed by atoms with Crippen LogP contribution in [0.4, 0.5) is 11.4 Å². The van der Waals surface area contributed by atoms with Gasteiger partial charge >= 0.3 is 0 Å². The van der Waals surface area contributed by atoms with E-state index in [1.807, 2.05) is 6.92 Å².